The van der Waals surface area contributed by atoms with Crippen molar-refractivity contribution in [2.75, 3.05) is 13.7 Å². The lowest BCUT2D eigenvalue weighted by atomic mass is 10.2. The van der Waals surface area contributed by atoms with E-state index in [9.17, 15) is 9.59 Å². The van der Waals surface area contributed by atoms with E-state index in [1.54, 1.807) is 35.6 Å². The average Bonchev–Trinajstić information content (AvgIpc) is 3.07. The van der Waals surface area contributed by atoms with Crippen LogP contribution < -0.4 is 10.1 Å². The number of carbonyl (C=O) groups excluding carboxylic acids is 2. The average molecular weight is 319 g/mol. The van der Waals surface area contributed by atoms with E-state index in [4.69, 9.17) is 9.47 Å². The number of carbonyl (C=O) groups is 2. The van der Waals surface area contributed by atoms with Crippen molar-refractivity contribution in [1.29, 1.82) is 0 Å². The molecule has 1 aromatic carbocycles. The van der Waals surface area contributed by atoms with Crippen LogP contribution in [0.1, 0.15) is 28.2 Å². The molecule has 0 aliphatic carbocycles. The fourth-order valence-electron chi connectivity index (χ4n) is 1.91. The topological polar surface area (TPSA) is 64.6 Å². The van der Waals surface area contributed by atoms with E-state index in [0.29, 0.717) is 11.3 Å². The second-order valence-corrected chi connectivity index (χ2v) is 5.56. The fraction of sp³-hybridized carbons (Fsp3) is 0.250. The summed E-state index contributed by atoms with van der Waals surface area (Å²) in [5.74, 6) is -0.514. The molecule has 1 aromatic heterocycles. The third kappa shape index (κ3) is 4.08. The molecule has 6 heteroatoms. The molecule has 0 unspecified atom stereocenters. The lowest BCUT2D eigenvalue weighted by Crippen LogP contribution is -2.30. The maximum Gasteiger partial charge on any atom is 0.342 e. The predicted molar refractivity (Wildman–Crippen MR) is 84.2 cm³/mol. The van der Waals surface area contributed by atoms with E-state index in [1.807, 2.05) is 24.4 Å². The Morgan fingerprint density at radius 1 is 1.23 bits per heavy atom. The zero-order valence-corrected chi connectivity index (χ0v) is 13.2. The number of nitrogens with one attached hydrogen (secondary N) is 1. The van der Waals surface area contributed by atoms with Crippen LogP contribution in [0.4, 0.5) is 0 Å². The summed E-state index contributed by atoms with van der Waals surface area (Å²) in [6, 6.07) is 10.5. The molecule has 0 fully saturated rings. The highest BCUT2D eigenvalue weighted by atomic mass is 32.1. The van der Waals surface area contributed by atoms with Gasteiger partial charge < -0.3 is 14.8 Å². The zero-order chi connectivity index (χ0) is 15.9. The van der Waals surface area contributed by atoms with Crippen LogP contribution in [0.2, 0.25) is 0 Å². The lowest BCUT2D eigenvalue weighted by Gasteiger charge is -2.13. The van der Waals surface area contributed by atoms with Crippen molar-refractivity contribution in [2.45, 2.75) is 13.0 Å². The predicted octanol–water partition coefficient (Wildman–Crippen LogP) is 2.79. The molecule has 22 heavy (non-hydrogen) atoms. The monoisotopic (exact) mass is 319 g/mol. The van der Waals surface area contributed by atoms with Gasteiger partial charge >= 0.3 is 5.97 Å². The van der Waals surface area contributed by atoms with E-state index >= 15 is 0 Å². The molecule has 116 valence electrons. The molecule has 2 rings (SSSR count). The Bertz CT molecular complexity index is 639. The summed E-state index contributed by atoms with van der Waals surface area (Å²) in [6.07, 6.45) is 0. The van der Waals surface area contributed by atoms with Crippen LogP contribution >= 0.6 is 11.3 Å². The van der Waals surface area contributed by atoms with Gasteiger partial charge in [-0.3, -0.25) is 4.79 Å². The standard InChI is InChI=1S/C16H17NO4S/c1-11(14-8-5-9-22-14)17-15(18)10-21-16(19)12-6-3-4-7-13(12)20-2/h3-9,11H,10H2,1-2H3,(H,17,18)/t11-/m0/s1. The van der Waals surface area contributed by atoms with Crippen LogP contribution in [0, 0.1) is 0 Å². The number of ether oxygens (including phenoxy) is 2. The zero-order valence-electron chi connectivity index (χ0n) is 12.4. The molecule has 0 saturated heterocycles. The van der Waals surface area contributed by atoms with Crippen LogP contribution in [0.3, 0.4) is 0 Å². The highest BCUT2D eigenvalue weighted by Crippen LogP contribution is 2.19. The summed E-state index contributed by atoms with van der Waals surface area (Å²) in [4.78, 5) is 24.8. The van der Waals surface area contributed by atoms with Crippen molar-refractivity contribution in [3.8, 4) is 5.75 Å². The molecule has 0 aliphatic heterocycles. The number of hydrogen-bond donors (Lipinski definition) is 1. The van der Waals surface area contributed by atoms with Crippen molar-refractivity contribution in [3.05, 3.63) is 52.2 Å². The molecular formula is C16H17NO4S. The molecule has 5 nitrogen and oxygen atoms in total. The minimum Gasteiger partial charge on any atom is -0.496 e. The molecule has 1 N–H and O–H groups in total. The van der Waals surface area contributed by atoms with Gasteiger partial charge in [0.2, 0.25) is 0 Å². The number of hydrogen-bond acceptors (Lipinski definition) is 5. The van der Waals surface area contributed by atoms with E-state index < -0.39 is 5.97 Å². The van der Waals surface area contributed by atoms with Crippen molar-refractivity contribution in [3.63, 3.8) is 0 Å². The van der Waals surface area contributed by atoms with Crippen LogP contribution in [0.5, 0.6) is 5.75 Å². The van der Waals surface area contributed by atoms with Gasteiger partial charge in [-0.1, -0.05) is 18.2 Å². The Kier molecular flexibility index (Phi) is 5.55. The maximum absolute atomic E-state index is 12.0. The first-order valence-corrected chi connectivity index (χ1v) is 7.62. The molecule has 1 atom stereocenters. The highest BCUT2D eigenvalue weighted by Gasteiger charge is 2.16. The largest absolute Gasteiger partial charge is 0.496 e. The number of thiophene rings is 1. The van der Waals surface area contributed by atoms with Crippen molar-refractivity contribution >= 4 is 23.2 Å². The van der Waals surface area contributed by atoms with E-state index in [1.165, 1.54) is 7.11 Å². The number of benzene rings is 1. The molecule has 1 amide bonds. The van der Waals surface area contributed by atoms with Crippen LogP contribution in [0.15, 0.2) is 41.8 Å². The van der Waals surface area contributed by atoms with Crippen LogP contribution in [-0.4, -0.2) is 25.6 Å². The third-order valence-electron chi connectivity index (χ3n) is 3.01. The van der Waals surface area contributed by atoms with Gasteiger partial charge in [0.1, 0.15) is 11.3 Å². The quantitative estimate of drug-likeness (QED) is 0.832. The Morgan fingerprint density at radius 3 is 2.68 bits per heavy atom. The third-order valence-corrected chi connectivity index (χ3v) is 4.06. The van der Waals surface area contributed by atoms with Crippen molar-refractivity contribution < 1.29 is 19.1 Å². The van der Waals surface area contributed by atoms with Crippen LogP contribution in [0.25, 0.3) is 0 Å². The smallest absolute Gasteiger partial charge is 0.342 e. The summed E-state index contributed by atoms with van der Waals surface area (Å²) in [6.45, 7) is 1.55. The normalized spacial score (nSPS) is 11.5. The fourth-order valence-corrected chi connectivity index (χ4v) is 2.65. The molecule has 0 bridgehead atoms. The maximum atomic E-state index is 12.0. The summed E-state index contributed by atoms with van der Waals surface area (Å²) in [5.41, 5.74) is 0.295. The summed E-state index contributed by atoms with van der Waals surface area (Å²) >= 11 is 1.56. The van der Waals surface area contributed by atoms with Gasteiger partial charge in [0.25, 0.3) is 5.91 Å². The van der Waals surface area contributed by atoms with E-state index in [0.717, 1.165) is 4.88 Å². The molecular weight excluding hydrogens is 302 g/mol. The number of methoxy groups -OCH3 is 1. The van der Waals surface area contributed by atoms with Gasteiger partial charge in [-0.2, -0.15) is 0 Å². The first-order valence-electron chi connectivity index (χ1n) is 6.74. The van der Waals surface area contributed by atoms with E-state index in [2.05, 4.69) is 5.32 Å². The minimum atomic E-state index is -0.587. The Balaban J connectivity index is 1.87. The van der Waals surface area contributed by atoms with Gasteiger partial charge in [-0.25, -0.2) is 4.79 Å². The van der Waals surface area contributed by atoms with Gasteiger partial charge in [0, 0.05) is 4.88 Å². The first-order chi connectivity index (χ1) is 10.6. The number of rotatable bonds is 6. The molecule has 0 saturated carbocycles. The second-order valence-electron chi connectivity index (χ2n) is 4.58. The highest BCUT2D eigenvalue weighted by molar-refractivity contribution is 7.10. The Morgan fingerprint density at radius 2 is 2.00 bits per heavy atom. The molecule has 0 radical (unpaired) electrons. The van der Waals surface area contributed by atoms with Crippen molar-refractivity contribution in [2.24, 2.45) is 0 Å². The van der Waals surface area contributed by atoms with Gasteiger partial charge in [-0.05, 0) is 30.5 Å². The minimum absolute atomic E-state index is 0.113. The summed E-state index contributed by atoms with van der Waals surface area (Å²) in [5, 5.41) is 4.72. The SMILES string of the molecule is COc1ccccc1C(=O)OCC(=O)N[C@@H](C)c1cccs1. The van der Waals surface area contributed by atoms with Crippen molar-refractivity contribution in [1.82, 2.24) is 5.32 Å². The Labute approximate surface area is 132 Å². The van der Waals surface area contributed by atoms with E-state index in [-0.39, 0.29) is 18.6 Å². The number of para-hydroxylation sites is 1. The Hall–Kier alpha value is -2.34. The first kappa shape index (κ1) is 16.0. The molecule has 0 aliphatic rings. The summed E-state index contributed by atoms with van der Waals surface area (Å²) < 4.78 is 10.1. The van der Waals surface area contributed by atoms with Gasteiger partial charge in [0.05, 0.1) is 13.2 Å². The number of amides is 1. The van der Waals surface area contributed by atoms with Crippen LogP contribution in [-0.2, 0) is 9.53 Å². The lowest BCUT2D eigenvalue weighted by molar-refractivity contribution is -0.124. The van der Waals surface area contributed by atoms with Gasteiger partial charge in [-0.15, -0.1) is 11.3 Å². The number of esters is 1. The molecule has 1 heterocycles. The molecule has 0 spiro atoms. The van der Waals surface area contributed by atoms with Gasteiger partial charge in [0.15, 0.2) is 6.61 Å². The summed E-state index contributed by atoms with van der Waals surface area (Å²) in [7, 11) is 1.47. The molecule has 2 aromatic rings. The second kappa shape index (κ2) is 7.61.